The van der Waals surface area contributed by atoms with Crippen LogP contribution in [0.25, 0.3) is 0 Å². The van der Waals surface area contributed by atoms with Gasteiger partial charge in [0.25, 0.3) is 5.69 Å². The Morgan fingerprint density at radius 3 is 2.96 bits per heavy atom. The summed E-state index contributed by atoms with van der Waals surface area (Å²) < 4.78 is 1.61. The molecule has 0 fully saturated rings. The average molecular weight is 357 g/mol. The van der Waals surface area contributed by atoms with Crippen molar-refractivity contribution in [2.75, 3.05) is 11.6 Å². The number of para-hydroxylation sites is 1. The summed E-state index contributed by atoms with van der Waals surface area (Å²) in [5, 5.41) is 19.7. The molecule has 0 amide bonds. The zero-order valence-electron chi connectivity index (χ0n) is 13.4. The van der Waals surface area contributed by atoms with Gasteiger partial charge in [-0.3, -0.25) is 14.9 Å². The molecule has 4 rings (SSSR count). The second-order valence-corrected chi connectivity index (χ2v) is 6.67. The first-order valence-corrected chi connectivity index (χ1v) is 9.06. The fourth-order valence-corrected chi connectivity index (χ4v) is 3.80. The van der Waals surface area contributed by atoms with Crippen molar-refractivity contribution in [2.45, 2.75) is 24.0 Å². The summed E-state index contributed by atoms with van der Waals surface area (Å²) in [7, 11) is 0. The lowest BCUT2D eigenvalue weighted by atomic mass is 9.80. The number of thioether (sulfide) groups is 1. The SMILES string of the molecule is CSc1nc2n(n1)[C@@H](c1ccccc1[N+](=O)[O-])[C@@H]1C(=O)CCC=C1N2. The number of nitro benzene ring substituents is 1. The van der Waals surface area contributed by atoms with Gasteiger partial charge in [-0.25, -0.2) is 4.68 Å². The Hall–Kier alpha value is -2.68. The lowest BCUT2D eigenvalue weighted by molar-refractivity contribution is -0.385. The molecule has 0 unspecified atom stereocenters. The smallest absolute Gasteiger partial charge is 0.274 e. The Kier molecular flexibility index (Phi) is 3.79. The molecule has 1 aromatic carbocycles. The van der Waals surface area contributed by atoms with Crippen LogP contribution >= 0.6 is 11.8 Å². The molecule has 1 aliphatic carbocycles. The molecule has 2 heterocycles. The number of carbonyl (C=O) groups excluding carboxylic acids is 1. The van der Waals surface area contributed by atoms with E-state index in [9.17, 15) is 14.9 Å². The number of nitro groups is 1. The number of aromatic nitrogens is 3. The molecule has 1 aliphatic heterocycles. The molecule has 25 heavy (non-hydrogen) atoms. The van der Waals surface area contributed by atoms with Gasteiger partial charge in [0.2, 0.25) is 11.1 Å². The van der Waals surface area contributed by atoms with Crippen molar-refractivity contribution < 1.29 is 9.72 Å². The van der Waals surface area contributed by atoms with Gasteiger partial charge in [0, 0.05) is 18.2 Å². The average Bonchev–Trinajstić information content (AvgIpc) is 3.03. The highest BCUT2D eigenvalue weighted by molar-refractivity contribution is 7.98. The van der Waals surface area contributed by atoms with Crippen molar-refractivity contribution in [3.05, 3.63) is 51.7 Å². The Morgan fingerprint density at radius 2 is 2.20 bits per heavy atom. The van der Waals surface area contributed by atoms with Crippen molar-refractivity contribution in [2.24, 2.45) is 5.92 Å². The predicted molar refractivity (Wildman–Crippen MR) is 92.5 cm³/mol. The van der Waals surface area contributed by atoms with E-state index in [-0.39, 0.29) is 11.5 Å². The Morgan fingerprint density at radius 1 is 1.40 bits per heavy atom. The third-order valence-electron chi connectivity index (χ3n) is 4.52. The number of rotatable bonds is 3. The molecule has 1 N–H and O–H groups in total. The van der Waals surface area contributed by atoms with Crippen LogP contribution in [-0.4, -0.2) is 31.7 Å². The fourth-order valence-electron chi connectivity index (χ4n) is 3.46. The van der Waals surface area contributed by atoms with E-state index in [1.165, 1.54) is 17.8 Å². The second-order valence-electron chi connectivity index (χ2n) is 5.89. The van der Waals surface area contributed by atoms with E-state index >= 15 is 0 Å². The first-order valence-electron chi connectivity index (χ1n) is 7.84. The van der Waals surface area contributed by atoms with Crippen molar-refractivity contribution in [3.8, 4) is 0 Å². The molecule has 0 spiro atoms. The first kappa shape index (κ1) is 15.8. The quantitative estimate of drug-likeness (QED) is 0.512. The van der Waals surface area contributed by atoms with Gasteiger partial charge in [-0.1, -0.05) is 30.0 Å². The summed E-state index contributed by atoms with van der Waals surface area (Å²) in [5.74, 6) is 0.0449. The molecule has 0 radical (unpaired) electrons. The zero-order chi connectivity index (χ0) is 17.6. The van der Waals surface area contributed by atoms with Crippen molar-refractivity contribution in [3.63, 3.8) is 0 Å². The molecule has 1 aromatic heterocycles. The van der Waals surface area contributed by atoms with Crippen LogP contribution < -0.4 is 5.32 Å². The molecule has 0 saturated carbocycles. The van der Waals surface area contributed by atoms with E-state index in [1.807, 2.05) is 12.3 Å². The van der Waals surface area contributed by atoms with Crippen molar-refractivity contribution >= 4 is 29.2 Å². The van der Waals surface area contributed by atoms with E-state index in [0.717, 1.165) is 5.70 Å². The topological polar surface area (TPSA) is 103 Å². The number of nitrogens with one attached hydrogen (secondary N) is 1. The summed E-state index contributed by atoms with van der Waals surface area (Å²) in [6, 6.07) is 5.94. The normalized spacial score (nSPS) is 21.8. The number of fused-ring (bicyclic) bond motifs is 2. The van der Waals surface area contributed by atoms with Crippen LogP contribution in [0.5, 0.6) is 0 Å². The van der Waals surface area contributed by atoms with E-state index < -0.39 is 16.9 Å². The number of allylic oxidation sites excluding steroid dienone is 2. The van der Waals surface area contributed by atoms with Gasteiger partial charge in [-0.15, -0.1) is 5.10 Å². The number of nitrogens with zero attached hydrogens (tertiary/aromatic N) is 4. The largest absolute Gasteiger partial charge is 0.328 e. The van der Waals surface area contributed by atoms with Gasteiger partial charge in [0.1, 0.15) is 11.8 Å². The molecule has 128 valence electrons. The number of hydrogen-bond donors (Lipinski definition) is 1. The highest BCUT2D eigenvalue weighted by atomic mass is 32.2. The number of benzene rings is 1. The zero-order valence-corrected chi connectivity index (χ0v) is 14.2. The van der Waals surface area contributed by atoms with Crippen LogP contribution in [0.1, 0.15) is 24.4 Å². The van der Waals surface area contributed by atoms with E-state index in [1.54, 1.807) is 22.9 Å². The molecular formula is C16H15N5O3S. The van der Waals surface area contributed by atoms with E-state index in [2.05, 4.69) is 15.4 Å². The number of Topliss-reactive ketones (excluding diaryl/α,β-unsaturated/α-hetero) is 1. The number of carbonyl (C=O) groups is 1. The van der Waals surface area contributed by atoms with Crippen LogP contribution in [0.4, 0.5) is 11.6 Å². The van der Waals surface area contributed by atoms with E-state index in [4.69, 9.17) is 0 Å². The standard InChI is InChI=1S/C16H15N5O3S/c1-25-16-18-15-17-10-6-4-8-12(22)13(10)14(20(15)19-16)9-5-2-3-7-11(9)21(23)24/h2-3,5-7,13-14H,4,8H2,1H3,(H,17,18,19)/t13-,14-/m0/s1. The van der Waals surface area contributed by atoms with Crippen LogP contribution in [0.3, 0.4) is 0 Å². The highest BCUT2D eigenvalue weighted by Gasteiger charge is 2.43. The van der Waals surface area contributed by atoms with Crippen molar-refractivity contribution in [1.82, 2.24) is 14.8 Å². The molecule has 0 saturated heterocycles. The molecule has 9 heteroatoms. The molecule has 2 atom stereocenters. The maximum Gasteiger partial charge on any atom is 0.274 e. The highest BCUT2D eigenvalue weighted by Crippen LogP contribution is 2.44. The Balaban J connectivity index is 1.96. The second kappa shape index (κ2) is 5.99. The summed E-state index contributed by atoms with van der Waals surface area (Å²) in [4.78, 5) is 28.2. The van der Waals surface area contributed by atoms with Gasteiger partial charge in [-0.05, 0) is 18.7 Å². The predicted octanol–water partition coefficient (Wildman–Crippen LogP) is 2.79. The number of ketones is 1. The Bertz CT molecular complexity index is 907. The minimum atomic E-state index is -0.578. The molecule has 2 aromatic rings. The third-order valence-corrected chi connectivity index (χ3v) is 5.06. The molecule has 0 bridgehead atoms. The number of anilines is 1. The lowest BCUT2D eigenvalue weighted by Gasteiger charge is -2.35. The van der Waals surface area contributed by atoms with Gasteiger partial charge in [0.15, 0.2) is 0 Å². The van der Waals surface area contributed by atoms with Crippen LogP contribution in [-0.2, 0) is 4.79 Å². The van der Waals surface area contributed by atoms with Crippen molar-refractivity contribution in [1.29, 1.82) is 0 Å². The fraction of sp³-hybridized carbons (Fsp3) is 0.312. The summed E-state index contributed by atoms with van der Waals surface area (Å²) >= 11 is 1.38. The van der Waals surface area contributed by atoms with Gasteiger partial charge >= 0.3 is 0 Å². The molecule has 8 nitrogen and oxygen atoms in total. The lowest BCUT2D eigenvalue weighted by Crippen LogP contribution is -2.39. The monoisotopic (exact) mass is 357 g/mol. The van der Waals surface area contributed by atoms with Crippen LogP contribution in [0.15, 0.2) is 41.2 Å². The van der Waals surface area contributed by atoms with Gasteiger partial charge in [0.05, 0.1) is 16.4 Å². The molecular weight excluding hydrogens is 342 g/mol. The van der Waals surface area contributed by atoms with Gasteiger partial charge < -0.3 is 5.32 Å². The van der Waals surface area contributed by atoms with Gasteiger partial charge in [-0.2, -0.15) is 4.98 Å². The summed E-state index contributed by atoms with van der Waals surface area (Å²) in [6.07, 6.45) is 4.92. The molecule has 2 aliphatic rings. The summed E-state index contributed by atoms with van der Waals surface area (Å²) in [6.45, 7) is 0. The van der Waals surface area contributed by atoms with E-state index in [0.29, 0.717) is 29.5 Å². The van der Waals surface area contributed by atoms with Crippen LogP contribution in [0.2, 0.25) is 0 Å². The third kappa shape index (κ3) is 2.51. The number of hydrogen-bond acceptors (Lipinski definition) is 7. The maximum atomic E-state index is 12.7. The first-order chi connectivity index (χ1) is 12.1. The summed E-state index contributed by atoms with van der Waals surface area (Å²) in [5.41, 5.74) is 1.21. The Labute approximate surface area is 147 Å². The minimum Gasteiger partial charge on any atom is -0.328 e. The minimum absolute atomic E-state index is 0.0146. The van der Waals surface area contributed by atoms with Crippen LogP contribution in [0, 0.1) is 16.0 Å². The maximum absolute atomic E-state index is 12.7.